The van der Waals surface area contributed by atoms with E-state index in [0.717, 1.165) is 5.92 Å². The van der Waals surface area contributed by atoms with Gasteiger partial charge in [0, 0.05) is 6.04 Å². The molecule has 1 saturated carbocycles. The lowest BCUT2D eigenvalue weighted by Crippen LogP contribution is -2.34. The van der Waals surface area contributed by atoms with Gasteiger partial charge in [-0.1, -0.05) is 52.8 Å². The molecule has 0 saturated heterocycles. The van der Waals surface area contributed by atoms with Crippen LogP contribution in [-0.4, -0.2) is 0 Å². The van der Waals surface area contributed by atoms with E-state index in [0.29, 0.717) is 11.3 Å². The van der Waals surface area contributed by atoms with Crippen LogP contribution in [0.25, 0.3) is 0 Å². The quantitative estimate of drug-likeness (QED) is 0.829. The van der Waals surface area contributed by atoms with Crippen LogP contribution >= 0.6 is 0 Å². The van der Waals surface area contributed by atoms with Crippen molar-refractivity contribution in [1.29, 1.82) is 0 Å². The molecule has 1 fully saturated rings. The smallest absolute Gasteiger partial charge is 0.0326 e. The zero-order valence-corrected chi connectivity index (χ0v) is 13.7. The van der Waals surface area contributed by atoms with Crippen LogP contribution in [-0.2, 0) is 10.8 Å². The first-order chi connectivity index (χ1) is 9.22. The van der Waals surface area contributed by atoms with Gasteiger partial charge in [0.1, 0.15) is 0 Å². The number of hydrogen-bond donors (Lipinski definition) is 1. The number of fused-ring (bicyclic) bond motifs is 1. The summed E-state index contributed by atoms with van der Waals surface area (Å²) in [5.74, 6) is 1.51. The molecule has 2 aliphatic rings. The molecular formula is C19H29N. The first-order valence-electron chi connectivity index (χ1n) is 8.13. The maximum atomic E-state index is 6.48. The van der Waals surface area contributed by atoms with E-state index < -0.39 is 0 Å². The fourth-order valence-electron chi connectivity index (χ4n) is 3.91. The summed E-state index contributed by atoms with van der Waals surface area (Å²) in [6.07, 6.45) is 3.84. The molecule has 0 amide bonds. The maximum Gasteiger partial charge on any atom is 0.0326 e. The Kier molecular flexibility index (Phi) is 3.06. The molecule has 3 rings (SSSR count). The average molecular weight is 271 g/mol. The van der Waals surface area contributed by atoms with E-state index >= 15 is 0 Å². The fourth-order valence-corrected chi connectivity index (χ4v) is 3.91. The Bertz CT molecular complexity index is 527. The van der Waals surface area contributed by atoms with Crippen molar-refractivity contribution in [2.24, 2.45) is 17.6 Å². The van der Waals surface area contributed by atoms with Gasteiger partial charge in [-0.05, 0) is 58.6 Å². The number of benzene rings is 1. The Morgan fingerprint density at radius 2 is 1.60 bits per heavy atom. The van der Waals surface area contributed by atoms with Crippen LogP contribution in [0.1, 0.15) is 76.6 Å². The van der Waals surface area contributed by atoms with Gasteiger partial charge in [0.2, 0.25) is 0 Å². The average Bonchev–Trinajstić information content (AvgIpc) is 3.11. The molecule has 3 atom stereocenters. The first kappa shape index (κ1) is 14.1. The van der Waals surface area contributed by atoms with Gasteiger partial charge in [0.25, 0.3) is 0 Å². The standard InChI is InChI=1S/C19H29N/c1-12-10-14(12)17(20)13-6-7-15-16(11-13)19(4,5)9-8-18(15,2)3/h6-7,11-12,14,17H,8-10,20H2,1-5H3. The molecule has 110 valence electrons. The Labute approximate surface area is 124 Å². The van der Waals surface area contributed by atoms with Crippen molar-refractivity contribution >= 4 is 0 Å². The number of nitrogens with two attached hydrogens (primary N) is 1. The SMILES string of the molecule is CC1CC1C(N)c1ccc2c(c1)C(C)(C)CCC2(C)C. The summed E-state index contributed by atoms with van der Waals surface area (Å²) in [6, 6.07) is 7.30. The maximum absolute atomic E-state index is 6.48. The van der Waals surface area contributed by atoms with E-state index in [2.05, 4.69) is 52.8 Å². The normalized spacial score (nSPS) is 31.5. The van der Waals surface area contributed by atoms with Crippen LogP contribution in [0.3, 0.4) is 0 Å². The van der Waals surface area contributed by atoms with E-state index in [4.69, 9.17) is 5.73 Å². The molecule has 1 aromatic carbocycles. The largest absolute Gasteiger partial charge is 0.324 e. The van der Waals surface area contributed by atoms with E-state index in [1.165, 1.54) is 36.0 Å². The topological polar surface area (TPSA) is 26.0 Å². The van der Waals surface area contributed by atoms with Gasteiger partial charge in [0.05, 0.1) is 0 Å². The third-order valence-electron chi connectivity index (χ3n) is 5.89. The molecule has 1 aromatic rings. The van der Waals surface area contributed by atoms with Crippen molar-refractivity contribution in [2.75, 3.05) is 0 Å². The Balaban J connectivity index is 2.02. The van der Waals surface area contributed by atoms with Crippen molar-refractivity contribution in [3.8, 4) is 0 Å². The molecule has 0 heterocycles. The molecule has 1 heteroatoms. The Morgan fingerprint density at radius 1 is 1.05 bits per heavy atom. The molecule has 0 radical (unpaired) electrons. The lowest BCUT2D eigenvalue weighted by Gasteiger charge is -2.42. The third kappa shape index (κ3) is 2.20. The van der Waals surface area contributed by atoms with Crippen molar-refractivity contribution in [3.05, 3.63) is 34.9 Å². The van der Waals surface area contributed by atoms with Gasteiger partial charge in [-0.3, -0.25) is 0 Å². The van der Waals surface area contributed by atoms with Crippen molar-refractivity contribution < 1.29 is 0 Å². The van der Waals surface area contributed by atoms with Gasteiger partial charge in [-0.15, -0.1) is 0 Å². The van der Waals surface area contributed by atoms with E-state index in [-0.39, 0.29) is 11.5 Å². The van der Waals surface area contributed by atoms with E-state index in [1.807, 2.05) is 0 Å². The van der Waals surface area contributed by atoms with Crippen molar-refractivity contribution in [2.45, 2.75) is 70.8 Å². The second-order valence-electron chi connectivity index (χ2n) is 8.48. The minimum Gasteiger partial charge on any atom is -0.324 e. The second kappa shape index (κ2) is 4.34. The van der Waals surface area contributed by atoms with Gasteiger partial charge < -0.3 is 5.73 Å². The summed E-state index contributed by atoms with van der Waals surface area (Å²) in [7, 11) is 0. The first-order valence-corrected chi connectivity index (χ1v) is 8.13. The van der Waals surface area contributed by atoms with Gasteiger partial charge >= 0.3 is 0 Å². The fraction of sp³-hybridized carbons (Fsp3) is 0.684. The summed E-state index contributed by atoms with van der Waals surface area (Å²) in [4.78, 5) is 0. The predicted molar refractivity (Wildman–Crippen MR) is 85.9 cm³/mol. The molecule has 1 nitrogen and oxygen atoms in total. The minimum atomic E-state index is 0.233. The van der Waals surface area contributed by atoms with Crippen molar-refractivity contribution in [3.63, 3.8) is 0 Å². The highest BCUT2D eigenvalue weighted by Crippen LogP contribution is 2.49. The molecular weight excluding hydrogens is 242 g/mol. The number of hydrogen-bond acceptors (Lipinski definition) is 1. The monoisotopic (exact) mass is 271 g/mol. The zero-order valence-electron chi connectivity index (χ0n) is 13.7. The molecule has 0 aliphatic heterocycles. The highest BCUT2D eigenvalue weighted by atomic mass is 14.7. The summed E-state index contributed by atoms with van der Waals surface area (Å²) in [5, 5.41) is 0. The van der Waals surface area contributed by atoms with Crippen LogP contribution in [0.5, 0.6) is 0 Å². The third-order valence-corrected chi connectivity index (χ3v) is 5.89. The number of rotatable bonds is 2. The molecule has 20 heavy (non-hydrogen) atoms. The molecule has 2 N–H and O–H groups in total. The van der Waals surface area contributed by atoms with Crippen LogP contribution in [0.2, 0.25) is 0 Å². The molecule has 0 spiro atoms. The Hall–Kier alpha value is -0.820. The van der Waals surface area contributed by atoms with Crippen molar-refractivity contribution in [1.82, 2.24) is 0 Å². The second-order valence-corrected chi connectivity index (χ2v) is 8.48. The van der Waals surface area contributed by atoms with Crippen LogP contribution in [0.4, 0.5) is 0 Å². The summed E-state index contributed by atoms with van der Waals surface area (Å²) in [6.45, 7) is 11.8. The Morgan fingerprint density at radius 3 is 2.15 bits per heavy atom. The van der Waals surface area contributed by atoms with Gasteiger partial charge in [-0.25, -0.2) is 0 Å². The van der Waals surface area contributed by atoms with Gasteiger partial charge in [0.15, 0.2) is 0 Å². The van der Waals surface area contributed by atoms with Crippen LogP contribution < -0.4 is 5.73 Å². The van der Waals surface area contributed by atoms with Gasteiger partial charge in [-0.2, -0.15) is 0 Å². The zero-order chi connectivity index (χ0) is 14.7. The molecule has 0 bridgehead atoms. The lowest BCUT2D eigenvalue weighted by atomic mass is 9.63. The summed E-state index contributed by atoms with van der Waals surface area (Å²) < 4.78 is 0. The lowest BCUT2D eigenvalue weighted by molar-refractivity contribution is 0.331. The molecule has 0 aromatic heterocycles. The summed E-state index contributed by atoms with van der Waals surface area (Å²) >= 11 is 0. The summed E-state index contributed by atoms with van der Waals surface area (Å²) in [5.41, 5.74) is 11.5. The van der Waals surface area contributed by atoms with E-state index in [1.54, 1.807) is 0 Å². The van der Waals surface area contributed by atoms with Crippen LogP contribution in [0, 0.1) is 11.8 Å². The highest BCUT2D eigenvalue weighted by Gasteiger charge is 2.40. The minimum absolute atomic E-state index is 0.233. The highest BCUT2D eigenvalue weighted by molar-refractivity contribution is 5.44. The molecule has 3 unspecified atom stereocenters. The predicted octanol–water partition coefficient (Wildman–Crippen LogP) is 4.69. The van der Waals surface area contributed by atoms with Crippen LogP contribution in [0.15, 0.2) is 18.2 Å². The van der Waals surface area contributed by atoms with E-state index in [9.17, 15) is 0 Å². The molecule has 2 aliphatic carbocycles.